The highest BCUT2D eigenvalue weighted by molar-refractivity contribution is 14.1. The minimum Gasteiger partial charge on any atom is -0.496 e. The number of methoxy groups -OCH3 is 2. The number of halogens is 1. The minimum atomic E-state index is -0.459. The van der Waals surface area contributed by atoms with Gasteiger partial charge < -0.3 is 9.47 Å². The number of hydrazine groups is 1. The summed E-state index contributed by atoms with van der Waals surface area (Å²) in [5.74, 6) is 0.228. The van der Waals surface area contributed by atoms with Crippen molar-refractivity contribution in [1.29, 1.82) is 0 Å². The molecule has 2 amide bonds. The summed E-state index contributed by atoms with van der Waals surface area (Å²) in [5, 5.41) is 0. The van der Waals surface area contributed by atoms with Crippen LogP contribution in [0.2, 0.25) is 0 Å². The molecule has 0 saturated heterocycles. The van der Waals surface area contributed by atoms with Crippen LogP contribution in [0, 0.1) is 3.57 Å². The molecule has 0 saturated carbocycles. The molecule has 120 valence electrons. The van der Waals surface area contributed by atoms with E-state index in [9.17, 15) is 9.59 Å². The number of hydrogen-bond acceptors (Lipinski definition) is 4. The molecule has 0 heterocycles. The Morgan fingerprint density at radius 3 is 2.22 bits per heavy atom. The van der Waals surface area contributed by atoms with E-state index in [2.05, 4.69) is 33.4 Å². The molecule has 0 fully saturated rings. The van der Waals surface area contributed by atoms with Gasteiger partial charge in [-0.15, -0.1) is 0 Å². The van der Waals surface area contributed by atoms with Gasteiger partial charge in [-0.25, -0.2) is 0 Å². The third kappa shape index (κ3) is 4.13. The molecule has 0 aromatic heterocycles. The first-order valence-corrected chi connectivity index (χ1v) is 7.72. The van der Waals surface area contributed by atoms with Crippen LogP contribution >= 0.6 is 22.6 Å². The summed E-state index contributed by atoms with van der Waals surface area (Å²) in [6.45, 7) is 0. The van der Waals surface area contributed by atoms with E-state index in [4.69, 9.17) is 9.47 Å². The molecular formula is C16H15IN2O4. The van der Waals surface area contributed by atoms with Gasteiger partial charge in [-0.1, -0.05) is 12.1 Å². The van der Waals surface area contributed by atoms with Gasteiger partial charge >= 0.3 is 0 Å². The van der Waals surface area contributed by atoms with Crippen molar-refractivity contribution in [3.63, 3.8) is 0 Å². The maximum atomic E-state index is 12.1. The van der Waals surface area contributed by atoms with Gasteiger partial charge in [0.15, 0.2) is 0 Å². The smallest absolute Gasteiger partial charge is 0.273 e. The molecule has 0 aliphatic heterocycles. The molecule has 2 aromatic rings. The number of carbonyl (C=O) groups is 2. The van der Waals surface area contributed by atoms with Crippen molar-refractivity contribution in [2.45, 2.75) is 0 Å². The Balaban J connectivity index is 2.04. The summed E-state index contributed by atoms with van der Waals surface area (Å²) in [5.41, 5.74) is 5.49. The third-order valence-electron chi connectivity index (χ3n) is 3.06. The van der Waals surface area contributed by atoms with Gasteiger partial charge in [-0.05, 0) is 52.9 Å². The van der Waals surface area contributed by atoms with Gasteiger partial charge in [-0.2, -0.15) is 0 Å². The van der Waals surface area contributed by atoms with Crippen molar-refractivity contribution < 1.29 is 19.1 Å². The largest absolute Gasteiger partial charge is 0.496 e. The van der Waals surface area contributed by atoms with Crippen molar-refractivity contribution >= 4 is 34.4 Å². The molecule has 0 aliphatic carbocycles. The van der Waals surface area contributed by atoms with Crippen molar-refractivity contribution in [2.24, 2.45) is 0 Å². The number of rotatable bonds is 4. The Bertz CT molecular complexity index is 734. The van der Waals surface area contributed by atoms with Gasteiger partial charge in [0.2, 0.25) is 0 Å². The first-order chi connectivity index (χ1) is 11.1. The lowest BCUT2D eigenvalue weighted by Crippen LogP contribution is -2.41. The molecule has 2 N–H and O–H groups in total. The lowest BCUT2D eigenvalue weighted by Gasteiger charge is -2.11. The van der Waals surface area contributed by atoms with E-state index in [0.717, 1.165) is 3.57 Å². The van der Waals surface area contributed by atoms with Crippen LogP contribution in [0.15, 0.2) is 42.5 Å². The van der Waals surface area contributed by atoms with Crippen molar-refractivity contribution in [2.75, 3.05) is 14.2 Å². The fraction of sp³-hybridized carbons (Fsp3) is 0.125. The van der Waals surface area contributed by atoms with E-state index in [1.807, 2.05) is 0 Å². The zero-order valence-corrected chi connectivity index (χ0v) is 14.7. The van der Waals surface area contributed by atoms with Gasteiger partial charge in [-0.3, -0.25) is 20.4 Å². The van der Waals surface area contributed by atoms with Crippen LogP contribution in [0.25, 0.3) is 0 Å². The molecule has 0 bridgehead atoms. The van der Waals surface area contributed by atoms with Crippen LogP contribution < -0.4 is 20.3 Å². The van der Waals surface area contributed by atoms with Crippen LogP contribution in [-0.4, -0.2) is 26.0 Å². The molecule has 0 radical (unpaired) electrons. The topological polar surface area (TPSA) is 76.7 Å². The standard InChI is InChI=1S/C16H15IN2O4/c1-22-13-6-4-3-5-11(13)16(21)19-18-15(20)10-7-8-14(23-2)12(17)9-10/h3-9H,1-2H3,(H,18,20)(H,19,21). The lowest BCUT2D eigenvalue weighted by molar-refractivity contribution is 0.0845. The molecule has 0 unspecified atom stereocenters. The second kappa shape index (κ2) is 7.82. The predicted molar refractivity (Wildman–Crippen MR) is 93.6 cm³/mol. The van der Waals surface area contributed by atoms with Gasteiger partial charge in [0.05, 0.1) is 23.4 Å². The highest BCUT2D eigenvalue weighted by Gasteiger charge is 2.13. The normalized spacial score (nSPS) is 9.87. The van der Waals surface area contributed by atoms with E-state index in [-0.39, 0.29) is 0 Å². The Kier molecular flexibility index (Phi) is 5.80. The third-order valence-corrected chi connectivity index (χ3v) is 3.90. The predicted octanol–water partition coefficient (Wildman–Crippen LogP) is 2.38. The fourth-order valence-corrected chi connectivity index (χ4v) is 2.63. The van der Waals surface area contributed by atoms with Crippen LogP contribution in [0.3, 0.4) is 0 Å². The second-order valence-electron chi connectivity index (χ2n) is 4.46. The van der Waals surface area contributed by atoms with Gasteiger partial charge in [0.1, 0.15) is 11.5 Å². The number of para-hydroxylation sites is 1. The molecule has 2 aromatic carbocycles. The molecule has 7 heteroatoms. The summed E-state index contributed by atoms with van der Waals surface area (Å²) in [6.07, 6.45) is 0. The highest BCUT2D eigenvalue weighted by atomic mass is 127. The van der Waals surface area contributed by atoms with Crippen LogP contribution in [0.4, 0.5) is 0 Å². The molecule has 23 heavy (non-hydrogen) atoms. The van der Waals surface area contributed by atoms with E-state index in [1.54, 1.807) is 49.6 Å². The zero-order valence-electron chi connectivity index (χ0n) is 12.6. The quantitative estimate of drug-likeness (QED) is 0.582. The Hall–Kier alpha value is -2.29. The molecule has 6 nitrogen and oxygen atoms in total. The Labute approximate surface area is 147 Å². The monoisotopic (exact) mass is 426 g/mol. The van der Waals surface area contributed by atoms with Crippen LogP contribution in [-0.2, 0) is 0 Å². The Morgan fingerprint density at radius 1 is 0.913 bits per heavy atom. The SMILES string of the molecule is COc1ccc(C(=O)NNC(=O)c2ccccc2OC)cc1I. The maximum absolute atomic E-state index is 12.1. The van der Waals surface area contributed by atoms with E-state index < -0.39 is 11.8 Å². The highest BCUT2D eigenvalue weighted by Crippen LogP contribution is 2.21. The van der Waals surface area contributed by atoms with Gasteiger partial charge in [0.25, 0.3) is 11.8 Å². The average Bonchev–Trinajstić information content (AvgIpc) is 2.59. The average molecular weight is 426 g/mol. The van der Waals surface area contributed by atoms with Crippen molar-refractivity contribution in [3.05, 3.63) is 57.2 Å². The lowest BCUT2D eigenvalue weighted by atomic mass is 10.2. The Morgan fingerprint density at radius 2 is 1.57 bits per heavy atom. The number of hydrogen-bond donors (Lipinski definition) is 2. The number of ether oxygens (including phenoxy) is 2. The van der Waals surface area contributed by atoms with Crippen LogP contribution in [0.5, 0.6) is 11.5 Å². The number of benzene rings is 2. The minimum absolute atomic E-state index is 0.333. The summed E-state index contributed by atoms with van der Waals surface area (Å²) in [6, 6.07) is 11.7. The van der Waals surface area contributed by atoms with Crippen molar-refractivity contribution in [1.82, 2.24) is 10.9 Å². The molecule has 0 aliphatic rings. The number of carbonyl (C=O) groups excluding carboxylic acids is 2. The second-order valence-corrected chi connectivity index (χ2v) is 5.62. The summed E-state index contributed by atoms with van der Waals surface area (Å²) in [7, 11) is 3.04. The summed E-state index contributed by atoms with van der Waals surface area (Å²) in [4.78, 5) is 24.2. The first-order valence-electron chi connectivity index (χ1n) is 6.64. The van der Waals surface area contributed by atoms with E-state index in [0.29, 0.717) is 22.6 Å². The zero-order chi connectivity index (χ0) is 16.8. The van der Waals surface area contributed by atoms with E-state index >= 15 is 0 Å². The summed E-state index contributed by atoms with van der Waals surface area (Å²) >= 11 is 2.07. The fourth-order valence-electron chi connectivity index (χ4n) is 1.89. The molecule has 2 rings (SSSR count). The number of amides is 2. The van der Waals surface area contributed by atoms with E-state index in [1.165, 1.54) is 7.11 Å². The number of nitrogens with one attached hydrogen (secondary N) is 2. The molecular weight excluding hydrogens is 411 g/mol. The first kappa shape index (κ1) is 17.1. The maximum Gasteiger partial charge on any atom is 0.273 e. The van der Waals surface area contributed by atoms with Gasteiger partial charge in [0, 0.05) is 5.56 Å². The van der Waals surface area contributed by atoms with Crippen molar-refractivity contribution in [3.8, 4) is 11.5 Å². The summed E-state index contributed by atoms with van der Waals surface area (Å²) < 4.78 is 11.0. The van der Waals surface area contributed by atoms with Crippen LogP contribution in [0.1, 0.15) is 20.7 Å². The molecule has 0 spiro atoms. The molecule has 0 atom stereocenters.